The van der Waals surface area contributed by atoms with E-state index >= 15 is 0 Å². The molecule has 0 aliphatic carbocycles. The van der Waals surface area contributed by atoms with Gasteiger partial charge in [0.1, 0.15) is 12.4 Å². The molecule has 0 radical (unpaired) electrons. The molecule has 1 saturated heterocycles. The van der Waals surface area contributed by atoms with Crippen LogP contribution >= 0.6 is 0 Å². The van der Waals surface area contributed by atoms with Gasteiger partial charge in [0.25, 0.3) is 0 Å². The second-order valence-corrected chi connectivity index (χ2v) is 6.56. The van der Waals surface area contributed by atoms with E-state index < -0.39 is 24.5 Å². The maximum absolute atomic E-state index is 13.3. The zero-order valence-corrected chi connectivity index (χ0v) is 15.3. The van der Waals surface area contributed by atoms with E-state index in [0.29, 0.717) is 13.2 Å². The molecule has 7 nitrogen and oxygen atoms in total. The van der Waals surface area contributed by atoms with Crippen LogP contribution in [-0.2, 0) is 22.3 Å². The number of benzene rings is 1. The predicted octanol–water partition coefficient (Wildman–Crippen LogP) is 2.93. The summed E-state index contributed by atoms with van der Waals surface area (Å²) >= 11 is 0. The minimum Gasteiger partial charge on any atom is -0.378 e. The number of para-hydroxylation sites is 2. The molecule has 0 unspecified atom stereocenters. The highest BCUT2D eigenvalue weighted by Gasteiger charge is 2.38. The van der Waals surface area contributed by atoms with E-state index in [1.54, 1.807) is 24.4 Å². The molecular formula is C19H18F3N5O2. The number of ether oxygens (including phenoxy) is 1. The third-order valence-electron chi connectivity index (χ3n) is 4.60. The number of hydrogen-bond acceptors (Lipinski definition) is 5. The lowest BCUT2D eigenvalue weighted by molar-refractivity contribution is -0.147. The van der Waals surface area contributed by atoms with Gasteiger partial charge in [-0.2, -0.15) is 13.2 Å². The van der Waals surface area contributed by atoms with Crippen molar-refractivity contribution in [3.63, 3.8) is 0 Å². The van der Waals surface area contributed by atoms with Crippen LogP contribution < -0.4 is 10.2 Å². The second-order valence-electron chi connectivity index (χ2n) is 6.56. The molecule has 1 aromatic carbocycles. The number of anilines is 2. The number of pyridine rings is 1. The van der Waals surface area contributed by atoms with E-state index in [1.165, 1.54) is 12.1 Å². The number of amides is 1. The Morgan fingerprint density at radius 1 is 1.14 bits per heavy atom. The highest BCUT2D eigenvalue weighted by Crippen LogP contribution is 2.31. The lowest BCUT2D eigenvalue weighted by Gasteiger charge is -2.28. The van der Waals surface area contributed by atoms with Crippen molar-refractivity contribution >= 4 is 28.4 Å². The van der Waals surface area contributed by atoms with Crippen molar-refractivity contribution in [2.24, 2.45) is 0 Å². The van der Waals surface area contributed by atoms with E-state index in [0.717, 1.165) is 23.3 Å². The van der Waals surface area contributed by atoms with Crippen LogP contribution in [0.5, 0.6) is 0 Å². The topological polar surface area (TPSA) is 72.3 Å². The minimum absolute atomic E-state index is 0.181. The number of rotatable bonds is 4. The Kier molecular flexibility index (Phi) is 5.10. The number of nitrogens with one attached hydrogen (secondary N) is 1. The molecule has 0 saturated carbocycles. The number of hydrogen-bond donors (Lipinski definition) is 1. The zero-order valence-electron chi connectivity index (χ0n) is 15.3. The third kappa shape index (κ3) is 4.16. The fraction of sp³-hybridized carbons (Fsp3) is 0.316. The molecule has 1 aliphatic heterocycles. The van der Waals surface area contributed by atoms with Crippen LogP contribution in [0.15, 0.2) is 42.6 Å². The molecule has 1 fully saturated rings. The lowest BCUT2D eigenvalue weighted by atomic mass is 10.3. The Hall–Kier alpha value is -3.14. The van der Waals surface area contributed by atoms with Gasteiger partial charge in [-0.25, -0.2) is 9.97 Å². The van der Waals surface area contributed by atoms with Gasteiger partial charge < -0.3 is 19.5 Å². The molecule has 0 atom stereocenters. The second kappa shape index (κ2) is 7.70. The Morgan fingerprint density at radius 3 is 2.59 bits per heavy atom. The average Bonchev–Trinajstić information content (AvgIpc) is 3.08. The summed E-state index contributed by atoms with van der Waals surface area (Å²) < 4.78 is 46.2. The van der Waals surface area contributed by atoms with Crippen LogP contribution in [0.2, 0.25) is 0 Å². The molecule has 29 heavy (non-hydrogen) atoms. The first-order chi connectivity index (χ1) is 13.9. The van der Waals surface area contributed by atoms with Crippen molar-refractivity contribution in [1.82, 2.24) is 14.5 Å². The fourth-order valence-corrected chi connectivity index (χ4v) is 3.25. The summed E-state index contributed by atoms with van der Waals surface area (Å²) in [5, 5.41) is 2.54. The van der Waals surface area contributed by atoms with Crippen LogP contribution in [0, 0.1) is 0 Å². The van der Waals surface area contributed by atoms with E-state index in [2.05, 4.69) is 20.2 Å². The number of nitrogens with zero attached hydrogens (tertiary/aromatic N) is 4. The highest BCUT2D eigenvalue weighted by atomic mass is 19.4. The molecule has 10 heteroatoms. The van der Waals surface area contributed by atoms with E-state index in [-0.39, 0.29) is 16.9 Å². The Labute approximate surface area is 164 Å². The molecule has 1 N–H and O–H groups in total. The van der Waals surface area contributed by atoms with Crippen molar-refractivity contribution < 1.29 is 22.7 Å². The van der Waals surface area contributed by atoms with Gasteiger partial charge >= 0.3 is 6.18 Å². The van der Waals surface area contributed by atoms with Crippen LogP contribution in [-0.4, -0.2) is 46.7 Å². The van der Waals surface area contributed by atoms with Crippen molar-refractivity contribution in [1.29, 1.82) is 0 Å². The lowest BCUT2D eigenvalue weighted by Crippen LogP contribution is -2.36. The molecule has 152 valence electrons. The number of halogens is 3. The Morgan fingerprint density at radius 2 is 1.90 bits per heavy atom. The summed E-state index contributed by atoms with van der Waals surface area (Å²) in [7, 11) is 0. The maximum atomic E-state index is 13.3. The summed E-state index contributed by atoms with van der Waals surface area (Å²) in [6.45, 7) is 2.25. The first-order valence-corrected chi connectivity index (χ1v) is 9.03. The molecule has 0 spiro atoms. The Bertz CT molecular complexity index is 1010. The zero-order chi connectivity index (χ0) is 20.4. The molecule has 2 aromatic heterocycles. The summed E-state index contributed by atoms with van der Waals surface area (Å²) in [6, 6.07) is 9.61. The van der Waals surface area contributed by atoms with Crippen LogP contribution in [0.3, 0.4) is 0 Å². The number of carbonyl (C=O) groups is 1. The van der Waals surface area contributed by atoms with Crippen molar-refractivity contribution in [2.45, 2.75) is 12.7 Å². The van der Waals surface area contributed by atoms with Gasteiger partial charge in [-0.3, -0.25) is 4.79 Å². The van der Waals surface area contributed by atoms with Crippen LogP contribution in [0.4, 0.5) is 24.7 Å². The molecule has 4 rings (SSSR count). The number of carbonyl (C=O) groups excluding carboxylic acids is 1. The normalized spacial score (nSPS) is 14.9. The van der Waals surface area contributed by atoms with E-state index in [1.807, 2.05) is 6.07 Å². The molecule has 1 amide bonds. The monoisotopic (exact) mass is 405 g/mol. The van der Waals surface area contributed by atoms with Gasteiger partial charge in [0.2, 0.25) is 11.7 Å². The number of morpholine rings is 1. The Balaban J connectivity index is 1.50. The number of imidazole rings is 1. The van der Waals surface area contributed by atoms with Gasteiger partial charge in [0, 0.05) is 13.1 Å². The van der Waals surface area contributed by atoms with Gasteiger partial charge in [-0.05, 0) is 24.3 Å². The van der Waals surface area contributed by atoms with Gasteiger partial charge in [-0.1, -0.05) is 12.1 Å². The summed E-state index contributed by atoms with van der Waals surface area (Å²) in [5.74, 6) is -1.46. The smallest absolute Gasteiger partial charge is 0.378 e. The molecule has 1 aliphatic rings. The summed E-state index contributed by atoms with van der Waals surface area (Å²) in [6.07, 6.45) is -3.05. The van der Waals surface area contributed by atoms with Crippen molar-refractivity contribution in [3.05, 3.63) is 48.4 Å². The first-order valence-electron chi connectivity index (χ1n) is 9.03. The van der Waals surface area contributed by atoms with Gasteiger partial charge in [-0.15, -0.1) is 0 Å². The third-order valence-corrected chi connectivity index (χ3v) is 4.60. The standard InChI is InChI=1S/C19H18F3N5O2/c20-19(21,22)18-24-14-3-1-2-4-15(14)27(18)12-17(28)25-16-6-5-13(11-23-16)26-7-9-29-10-8-26/h1-6,11H,7-10,12H2,(H,23,25,28). The first kappa shape index (κ1) is 19.2. The quantitative estimate of drug-likeness (QED) is 0.723. The molecular weight excluding hydrogens is 387 g/mol. The highest BCUT2D eigenvalue weighted by molar-refractivity contribution is 5.91. The van der Waals surface area contributed by atoms with Crippen LogP contribution in [0.1, 0.15) is 5.82 Å². The minimum atomic E-state index is -4.67. The fourth-order valence-electron chi connectivity index (χ4n) is 3.25. The predicted molar refractivity (Wildman–Crippen MR) is 101 cm³/mol. The number of fused-ring (bicyclic) bond motifs is 1. The van der Waals surface area contributed by atoms with Crippen molar-refractivity contribution in [2.75, 3.05) is 36.5 Å². The summed E-state index contributed by atoms with van der Waals surface area (Å²) in [4.78, 5) is 22.3. The van der Waals surface area contributed by atoms with Gasteiger partial charge in [0.15, 0.2) is 0 Å². The van der Waals surface area contributed by atoms with E-state index in [9.17, 15) is 18.0 Å². The SMILES string of the molecule is O=C(Cn1c(C(F)(F)F)nc2ccccc21)Nc1ccc(N2CCOCC2)cn1. The molecule has 3 aromatic rings. The van der Waals surface area contributed by atoms with Crippen LogP contribution in [0.25, 0.3) is 11.0 Å². The maximum Gasteiger partial charge on any atom is 0.449 e. The van der Waals surface area contributed by atoms with Gasteiger partial charge in [0.05, 0.1) is 36.1 Å². The number of alkyl halides is 3. The number of aromatic nitrogens is 3. The van der Waals surface area contributed by atoms with E-state index in [4.69, 9.17) is 4.74 Å². The molecule has 0 bridgehead atoms. The summed E-state index contributed by atoms with van der Waals surface area (Å²) in [5.41, 5.74) is 1.32. The van der Waals surface area contributed by atoms with Crippen molar-refractivity contribution in [3.8, 4) is 0 Å². The average molecular weight is 405 g/mol. The largest absolute Gasteiger partial charge is 0.449 e. The molecule has 3 heterocycles.